The molecule has 1 fully saturated rings. The normalized spacial score (nSPS) is 24.6. The zero-order valence-corrected chi connectivity index (χ0v) is 13.6. The smallest absolute Gasteiger partial charge is 0.0207 e. The molecule has 1 rings (SSSR count). The average Bonchev–Trinajstić information content (AvgIpc) is 2.17. The number of allylic oxidation sites excluding steroid dienone is 1. The number of piperidine rings is 1. The molecular formula is C17H33N. The molecule has 1 nitrogen and oxygen atoms in total. The van der Waals surface area contributed by atoms with Crippen molar-refractivity contribution < 1.29 is 0 Å². The minimum Gasteiger partial charge on any atom is -0.294 e. The lowest BCUT2D eigenvalue weighted by Crippen LogP contribution is -2.57. The molecule has 0 bridgehead atoms. The molecule has 0 unspecified atom stereocenters. The molecule has 0 saturated carbocycles. The van der Waals surface area contributed by atoms with Gasteiger partial charge in [-0.2, -0.15) is 0 Å². The molecule has 0 aromatic carbocycles. The molecule has 0 N–H and O–H groups in total. The molecule has 1 heterocycles. The van der Waals surface area contributed by atoms with Gasteiger partial charge in [-0.25, -0.2) is 0 Å². The fourth-order valence-corrected chi connectivity index (χ4v) is 2.68. The summed E-state index contributed by atoms with van der Waals surface area (Å²) in [6.07, 6.45) is 8.59. The molecule has 0 amide bonds. The first-order valence-electron chi connectivity index (χ1n) is 7.46. The van der Waals surface area contributed by atoms with Gasteiger partial charge in [0.25, 0.3) is 0 Å². The lowest BCUT2D eigenvalue weighted by Gasteiger charge is -2.53. The Hall–Kier alpha value is -0.300. The Morgan fingerprint density at radius 3 is 2.22 bits per heavy atom. The molecule has 0 atom stereocenters. The van der Waals surface area contributed by atoms with E-state index >= 15 is 0 Å². The van der Waals surface area contributed by atoms with E-state index in [-0.39, 0.29) is 0 Å². The maximum Gasteiger partial charge on any atom is 0.0207 e. The maximum absolute atomic E-state index is 2.65. The summed E-state index contributed by atoms with van der Waals surface area (Å²) in [5.74, 6) is 0. The Kier molecular flexibility index (Phi) is 4.70. The van der Waals surface area contributed by atoms with Crippen LogP contribution in [0.1, 0.15) is 67.7 Å². The summed E-state index contributed by atoms with van der Waals surface area (Å²) >= 11 is 0. The second kappa shape index (κ2) is 5.36. The van der Waals surface area contributed by atoms with E-state index in [4.69, 9.17) is 0 Å². The van der Waals surface area contributed by atoms with E-state index in [0.29, 0.717) is 16.4 Å². The lowest BCUT2D eigenvalue weighted by atomic mass is 9.68. The molecule has 0 spiro atoms. The van der Waals surface area contributed by atoms with Crippen LogP contribution in [0, 0.1) is 10.8 Å². The number of hydrogen-bond donors (Lipinski definition) is 0. The van der Waals surface area contributed by atoms with E-state index in [0.717, 1.165) is 6.54 Å². The van der Waals surface area contributed by atoms with E-state index in [1.807, 2.05) is 0 Å². The third kappa shape index (κ3) is 3.85. The van der Waals surface area contributed by atoms with Gasteiger partial charge in [0.1, 0.15) is 0 Å². The molecule has 0 aromatic rings. The molecule has 1 saturated heterocycles. The van der Waals surface area contributed by atoms with Gasteiger partial charge in [0.2, 0.25) is 0 Å². The zero-order valence-electron chi connectivity index (χ0n) is 13.6. The molecule has 1 heteroatoms. The largest absolute Gasteiger partial charge is 0.294 e. The molecule has 0 radical (unpaired) electrons. The van der Waals surface area contributed by atoms with Gasteiger partial charge in [0, 0.05) is 12.1 Å². The van der Waals surface area contributed by atoms with Crippen molar-refractivity contribution in [2.45, 2.75) is 73.3 Å². The molecule has 1 aliphatic heterocycles. The van der Waals surface area contributed by atoms with Crippen LogP contribution in [0.4, 0.5) is 0 Å². The predicted molar refractivity (Wildman–Crippen MR) is 81.9 cm³/mol. The molecule has 1 aliphatic rings. The van der Waals surface area contributed by atoms with Crippen molar-refractivity contribution in [2.24, 2.45) is 10.8 Å². The third-order valence-corrected chi connectivity index (χ3v) is 4.90. The van der Waals surface area contributed by atoms with Gasteiger partial charge in [-0.05, 0) is 50.5 Å². The van der Waals surface area contributed by atoms with Gasteiger partial charge in [-0.3, -0.25) is 4.90 Å². The highest BCUT2D eigenvalue weighted by Crippen LogP contribution is 2.43. The van der Waals surface area contributed by atoms with Crippen molar-refractivity contribution in [1.29, 1.82) is 0 Å². The highest BCUT2D eigenvalue weighted by atomic mass is 15.2. The van der Waals surface area contributed by atoms with Crippen molar-refractivity contribution in [2.75, 3.05) is 13.1 Å². The van der Waals surface area contributed by atoms with Crippen molar-refractivity contribution >= 4 is 0 Å². The van der Waals surface area contributed by atoms with Crippen molar-refractivity contribution in [1.82, 2.24) is 4.90 Å². The minimum atomic E-state index is 0.303. The molecular weight excluding hydrogens is 218 g/mol. The monoisotopic (exact) mass is 251 g/mol. The summed E-state index contributed by atoms with van der Waals surface area (Å²) in [6.45, 7) is 18.9. The number of likely N-dealkylation sites (tertiary alicyclic amines) is 1. The molecule has 0 aromatic heterocycles. The van der Waals surface area contributed by atoms with E-state index in [1.54, 1.807) is 0 Å². The Morgan fingerprint density at radius 1 is 1.06 bits per heavy atom. The summed E-state index contributed by atoms with van der Waals surface area (Å²) in [6, 6.07) is 0. The Morgan fingerprint density at radius 2 is 1.67 bits per heavy atom. The van der Waals surface area contributed by atoms with Gasteiger partial charge in [-0.15, -0.1) is 0 Å². The third-order valence-electron chi connectivity index (χ3n) is 4.90. The van der Waals surface area contributed by atoms with Gasteiger partial charge in [0.15, 0.2) is 0 Å². The summed E-state index contributed by atoms with van der Waals surface area (Å²) in [7, 11) is 0. The highest BCUT2D eigenvalue weighted by Gasteiger charge is 2.43. The van der Waals surface area contributed by atoms with E-state index in [9.17, 15) is 0 Å². The fourth-order valence-electron chi connectivity index (χ4n) is 2.68. The maximum atomic E-state index is 2.65. The number of hydrogen-bond acceptors (Lipinski definition) is 1. The summed E-state index contributed by atoms with van der Waals surface area (Å²) in [4.78, 5) is 2.65. The topological polar surface area (TPSA) is 3.24 Å². The average molecular weight is 251 g/mol. The second-order valence-electron chi connectivity index (χ2n) is 8.23. The summed E-state index contributed by atoms with van der Waals surface area (Å²) in [5, 5.41) is 0. The van der Waals surface area contributed by atoms with Crippen molar-refractivity contribution in [3.05, 3.63) is 12.2 Å². The van der Waals surface area contributed by atoms with Crippen LogP contribution < -0.4 is 0 Å². The van der Waals surface area contributed by atoms with Crippen molar-refractivity contribution in [3.8, 4) is 0 Å². The van der Waals surface area contributed by atoms with Crippen LogP contribution in [-0.2, 0) is 0 Å². The van der Waals surface area contributed by atoms with Crippen LogP contribution >= 0.6 is 0 Å². The standard InChI is InChI=1S/C17H33N/c1-15(2,3)11-8-9-13-18-14-10-12-16(4,5)17(18,6)7/h8-9H,10-14H2,1-7H3. The van der Waals surface area contributed by atoms with Crippen LogP contribution in [0.15, 0.2) is 12.2 Å². The van der Waals surface area contributed by atoms with Crippen LogP contribution in [0.25, 0.3) is 0 Å². The quantitative estimate of drug-likeness (QED) is 0.646. The van der Waals surface area contributed by atoms with Crippen molar-refractivity contribution in [3.63, 3.8) is 0 Å². The van der Waals surface area contributed by atoms with E-state index < -0.39 is 0 Å². The number of rotatable bonds is 3. The van der Waals surface area contributed by atoms with Crippen LogP contribution in [0.3, 0.4) is 0 Å². The Bertz CT molecular complexity index is 291. The van der Waals surface area contributed by atoms with Crippen LogP contribution in [0.2, 0.25) is 0 Å². The Labute approximate surface area is 115 Å². The summed E-state index contributed by atoms with van der Waals surface area (Å²) < 4.78 is 0. The first kappa shape index (κ1) is 15.8. The minimum absolute atomic E-state index is 0.303. The van der Waals surface area contributed by atoms with Gasteiger partial charge < -0.3 is 0 Å². The van der Waals surface area contributed by atoms with Crippen LogP contribution in [0.5, 0.6) is 0 Å². The lowest BCUT2D eigenvalue weighted by molar-refractivity contribution is -0.0226. The molecule has 18 heavy (non-hydrogen) atoms. The summed E-state index contributed by atoms with van der Waals surface area (Å²) in [5.41, 5.74) is 1.13. The van der Waals surface area contributed by atoms with Gasteiger partial charge >= 0.3 is 0 Å². The second-order valence-corrected chi connectivity index (χ2v) is 8.23. The van der Waals surface area contributed by atoms with Gasteiger partial charge in [0.05, 0.1) is 0 Å². The van der Waals surface area contributed by atoms with Gasteiger partial charge in [-0.1, -0.05) is 46.8 Å². The zero-order chi connectivity index (χ0) is 14.0. The van der Waals surface area contributed by atoms with Crippen LogP contribution in [-0.4, -0.2) is 23.5 Å². The SMILES string of the molecule is CC(C)(C)CC=CCN1CCCC(C)(C)C1(C)C. The Balaban J connectivity index is 2.56. The van der Waals surface area contributed by atoms with E-state index in [1.165, 1.54) is 25.8 Å². The fraction of sp³-hybridized carbons (Fsp3) is 0.882. The first-order valence-corrected chi connectivity index (χ1v) is 7.46. The number of nitrogens with zero attached hydrogens (tertiary/aromatic N) is 1. The first-order chi connectivity index (χ1) is 8.06. The molecule has 106 valence electrons. The molecule has 0 aliphatic carbocycles. The van der Waals surface area contributed by atoms with E-state index in [2.05, 4.69) is 65.5 Å². The highest BCUT2D eigenvalue weighted by molar-refractivity contribution is 5.01. The predicted octanol–water partition coefficient (Wildman–Crippen LogP) is 4.88.